The lowest BCUT2D eigenvalue weighted by molar-refractivity contribution is -0.132. The molecular formula is C12H18N4O3. The first-order chi connectivity index (χ1) is 9.09. The van der Waals surface area contributed by atoms with Gasteiger partial charge in [0, 0.05) is 13.1 Å². The van der Waals surface area contributed by atoms with Gasteiger partial charge >= 0.3 is 5.97 Å². The molecule has 2 rings (SSSR count). The van der Waals surface area contributed by atoms with Crippen LogP contribution >= 0.6 is 0 Å². The van der Waals surface area contributed by atoms with E-state index < -0.39 is 5.97 Å². The lowest BCUT2D eigenvalue weighted by Gasteiger charge is -2.20. The van der Waals surface area contributed by atoms with Crippen molar-refractivity contribution in [2.24, 2.45) is 0 Å². The lowest BCUT2D eigenvalue weighted by Crippen LogP contribution is -2.35. The molecule has 1 amide bonds. The molecule has 0 unspecified atom stereocenters. The molecule has 0 aliphatic carbocycles. The number of likely N-dealkylation sites (tertiary alicyclic amines) is 1. The number of aromatic nitrogens is 3. The maximum Gasteiger partial charge on any atom is 0.358 e. The van der Waals surface area contributed by atoms with Crippen molar-refractivity contribution in [3.05, 3.63) is 11.4 Å². The smallest absolute Gasteiger partial charge is 0.358 e. The van der Waals surface area contributed by atoms with E-state index in [0.29, 0.717) is 5.69 Å². The van der Waals surface area contributed by atoms with Gasteiger partial charge in [0.25, 0.3) is 0 Å². The highest BCUT2D eigenvalue weighted by Gasteiger charge is 2.20. The van der Waals surface area contributed by atoms with Gasteiger partial charge in [-0.15, -0.1) is 5.10 Å². The molecule has 2 heterocycles. The van der Waals surface area contributed by atoms with Crippen LogP contribution in [0.5, 0.6) is 0 Å². The average Bonchev–Trinajstić information content (AvgIpc) is 2.60. The molecule has 0 spiro atoms. The van der Waals surface area contributed by atoms with Gasteiger partial charge in [-0.1, -0.05) is 18.1 Å². The molecule has 0 radical (unpaired) electrons. The quantitative estimate of drug-likeness (QED) is 0.869. The molecule has 7 heteroatoms. The highest BCUT2D eigenvalue weighted by Crippen LogP contribution is 2.11. The highest BCUT2D eigenvalue weighted by molar-refractivity contribution is 5.86. The van der Waals surface area contributed by atoms with Gasteiger partial charge in [0.05, 0.1) is 5.69 Å². The van der Waals surface area contributed by atoms with Crippen molar-refractivity contribution in [1.82, 2.24) is 19.9 Å². The Hall–Kier alpha value is -1.92. The van der Waals surface area contributed by atoms with E-state index >= 15 is 0 Å². The summed E-state index contributed by atoms with van der Waals surface area (Å²) >= 11 is 0. The van der Waals surface area contributed by atoms with Crippen molar-refractivity contribution in [2.45, 2.75) is 39.2 Å². The summed E-state index contributed by atoms with van der Waals surface area (Å²) in [5.74, 6) is -1.14. The van der Waals surface area contributed by atoms with Gasteiger partial charge in [0.1, 0.15) is 6.54 Å². The van der Waals surface area contributed by atoms with Crippen LogP contribution < -0.4 is 0 Å². The van der Waals surface area contributed by atoms with Crippen LogP contribution in [0.15, 0.2) is 0 Å². The first kappa shape index (κ1) is 13.5. The van der Waals surface area contributed by atoms with E-state index in [1.807, 2.05) is 4.90 Å². The van der Waals surface area contributed by atoms with Gasteiger partial charge in [-0.2, -0.15) is 0 Å². The topological polar surface area (TPSA) is 88.3 Å². The van der Waals surface area contributed by atoms with Crippen LogP contribution in [0.25, 0.3) is 0 Å². The van der Waals surface area contributed by atoms with Crippen molar-refractivity contribution in [3.8, 4) is 0 Å². The molecule has 1 aliphatic rings. The van der Waals surface area contributed by atoms with Gasteiger partial charge in [0.15, 0.2) is 5.69 Å². The molecule has 0 saturated carbocycles. The minimum Gasteiger partial charge on any atom is -0.476 e. The number of nitrogens with zero attached hydrogens (tertiary/aromatic N) is 4. The van der Waals surface area contributed by atoms with E-state index in [2.05, 4.69) is 10.3 Å². The third-order valence-corrected chi connectivity index (χ3v) is 3.43. The van der Waals surface area contributed by atoms with Crippen molar-refractivity contribution in [3.63, 3.8) is 0 Å². The minimum absolute atomic E-state index is 0.0214. The van der Waals surface area contributed by atoms with Crippen LogP contribution in [0.3, 0.4) is 0 Å². The maximum absolute atomic E-state index is 12.1. The molecule has 104 valence electrons. The Morgan fingerprint density at radius 3 is 2.37 bits per heavy atom. The first-order valence-electron chi connectivity index (χ1n) is 6.50. The molecule has 1 aliphatic heterocycles. The van der Waals surface area contributed by atoms with E-state index in [4.69, 9.17) is 5.11 Å². The Morgan fingerprint density at radius 2 is 1.84 bits per heavy atom. The van der Waals surface area contributed by atoms with Gasteiger partial charge < -0.3 is 10.0 Å². The predicted octanol–water partition coefficient (Wildman–Crippen LogP) is 0.687. The first-order valence-corrected chi connectivity index (χ1v) is 6.50. The van der Waals surface area contributed by atoms with Crippen molar-refractivity contribution < 1.29 is 14.7 Å². The Labute approximate surface area is 111 Å². The van der Waals surface area contributed by atoms with Crippen molar-refractivity contribution in [1.29, 1.82) is 0 Å². The number of carboxylic acid groups (broad SMARTS) is 1. The number of hydrogen-bond donors (Lipinski definition) is 1. The minimum atomic E-state index is -1.12. The summed E-state index contributed by atoms with van der Waals surface area (Å²) < 4.78 is 1.36. The zero-order valence-electron chi connectivity index (χ0n) is 11.0. The average molecular weight is 266 g/mol. The van der Waals surface area contributed by atoms with Crippen LogP contribution in [-0.2, 0) is 11.3 Å². The summed E-state index contributed by atoms with van der Waals surface area (Å²) in [7, 11) is 0. The van der Waals surface area contributed by atoms with Crippen molar-refractivity contribution in [2.75, 3.05) is 13.1 Å². The standard InChI is InChI=1S/C12H18N4O3/c1-9-11(12(18)19)13-14-16(9)8-10(17)15-6-4-2-3-5-7-15/h2-8H2,1H3,(H,18,19). The second kappa shape index (κ2) is 5.81. The molecule has 1 N–H and O–H groups in total. The Bertz CT molecular complexity index is 475. The SMILES string of the molecule is Cc1c(C(=O)O)nnn1CC(=O)N1CCCCCC1. The lowest BCUT2D eigenvalue weighted by atomic mass is 10.2. The van der Waals surface area contributed by atoms with Crippen LogP contribution in [0.4, 0.5) is 0 Å². The fourth-order valence-electron chi connectivity index (χ4n) is 2.26. The maximum atomic E-state index is 12.1. The second-order valence-corrected chi connectivity index (χ2v) is 4.78. The molecule has 1 saturated heterocycles. The number of rotatable bonds is 3. The Balaban J connectivity index is 2.04. The van der Waals surface area contributed by atoms with Gasteiger partial charge in [0.2, 0.25) is 5.91 Å². The van der Waals surface area contributed by atoms with E-state index in [-0.39, 0.29) is 18.1 Å². The van der Waals surface area contributed by atoms with Gasteiger partial charge in [-0.25, -0.2) is 9.48 Å². The van der Waals surface area contributed by atoms with Crippen LogP contribution in [0.2, 0.25) is 0 Å². The number of hydrogen-bond acceptors (Lipinski definition) is 4. The summed E-state index contributed by atoms with van der Waals surface area (Å²) in [6.07, 6.45) is 4.38. The third-order valence-electron chi connectivity index (χ3n) is 3.43. The van der Waals surface area contributed by atoms with E-state index in [1.54, 1.807) is 6.92 Å². The molecular weight excluding hydrogens is 248 g/mol. The van der Waals surface area contributed by atoms with E-state index in [1.165, 1.54) is 4.68 Å². The van der Waals surface area contributed by atoms with Crippen LogP contribution in [0, 0.1) is 6.92 Å². The zero-order valence-corrected chi connectivity index (χ0v) is 11.0. The van der Waals surface area contributed by atoms with Crippen LogP contribution in [-0.4, -0.2) is 50.0 Å². The molecule has 1 fully saturated rings. The third kappa shape index (κ3) is 3.10. The molecule has 1 aromatic rings. The van der Waals surface area contributed by atoms with Gasteiger partial charge in [-0.05, 0) is 19.8 Å². The Kier molecular flexibility index (Phi) is 4.13. The molecule has 19 heavy (non-hydrogen) atoms. The number of carboxylic acids is 1. The predicted molar refractivity (Wildman–Crippen MR) is 66.8 cm³/mol. The molecule has 0 atom stereocenters. The van der Waals surface area contributed by atoms with E-state index in [9.17, 15) is 9.59 Å². The normalized spacial score (nSPS) is 16.2. The van der Waals surface area contributed by atoms with E-state index in [0.717, 1.165) is 38.8 Å². The van der Waals surface area contributed by atoms with Crippen molar-refractivity contribution >= 4 is 11.9 Å². The van der Waals surface area contributed by atoms with Crippen LogP contribution in [0.1, 0.15) is 41.9 Å². The summed E-state index contributed by atoms with van der Waals surface area (Å²) in [5.41, 5.74) is 0.319. The van der Waals surface area contributed by atoms with Gasteiger partial charge in [-0.3, -0.25) is 4.79 Å². The number of carbonyl (C=O) groups excluding carboxylic acids is 1. The second-order valence-electron chi connectivity index (χ2n) is 4.78. The molecule has 0 bridgehead atoms. The number of carbonyl (C=O) groups is 2. The molecule has 0 aromatic carbocycles. The number of aromatic carboxylic acids is 1. The highest BCUT2D eigenvalue weighted by atomic mass is 16.4. The molecule has 7 nitrogen and oxygen atoms in total. The zero-order chi connectivity index (χ0) is 13.8. The summed E-state index contributed by atoms with van der Waals surface area (Å²) in [6, 6.07) is 0. The fourth-order valence-corrected chi connectivity index (χ4v) is 2.26. The number of amides is 1. The Morgan fingerprint density at radius 1 is 1.21 bits per heavy atom. The fraction of sp³-hybridized carbons (Fsp3) is 0.667. The summed E-state index contributed by atoms with van der Waals surface area (Å²) in [4.78, 5) is 24.8. The molecule has 1 aromatic heterocycles. The monoisotopic (exact) mass is 266 g/mol. The summed E-state index contributed by atoms with van der Waals surface area (Å²) in [6.45, 7) is 3.22. The largest absolute Gasteiger partial charge is 0.476 e. The summed E-state index contributed by atoms with van der Waals surface area (Å²) in [5, 5.41) is 16.2.